The highest BCUT2D eigenvalue weighted by atomic mass is 15.1. The smallest absolute Gasteiger partial charge is 0.0315 e. The van der Waals surface area contributed by atoms with Crippen molar-refractivity contribution in [2.24, 2.45) is 0 Å². The van der Waals surface area contributed by atoms with Crippen LogP contribution in [0.5, 0.6) is 0 Å². The van der Waals surface area contributed by atoms with Crippen LogP contribution < -0.4 is 5.32 Å². The molecule has 1 aliphatic heterocycles. The lowest BCUT2D eigenvalue weighted by molar-refractivity contribution is 0.225. The molecule has 1 fully saturated rings. The summed E-state index contributed by atoms with van der Waals surface area (Å²) in [5.74, 6) is 0. The Bertz CT molecular complexity index is 345. The summed E-state index contributed by atoms with van der Waals surface area (Å²) in [4.78, 5) is 6.77. The van der Waals surface area contributed by atoms with E-state index in [0.29, 0.717) is 0 Å². The van der Waals surface area contributed by atoms with Gasteiger partial charge in [-0.25, -0.2) is 0 Å². The molecule has 2 rings (SSSR count). The highest BCUT2D eigenvalue weighted by molar-refractivity contribution is 5.20. The number of nitrogens with one attached hydrogen (secondary N) is 1. The van der Waals surface area contributed by atoms with E-state index in [1.54, 1.807) is 0 Å². The van der Waals surface area contributed by atoms with Gasteiger partial charge in [-0.2, -0.15) is 0 Å². The fourth-order valence-corrected chi connectivity index (χ4v) is 2.52. The van der Waals surface area contributed by atoms with Crippen molar-refractivity contribution in [3.8, 4) is 0 Å². The van der Waals surface area contributed by atoms with Gasteiger partial charge in [-0.05, 0) is 69.6 Å². The van der Waals surface area contributed by atoms with Crippen molar-refractivity contribution in [2.75, 3.05) is 26.2 Å². The average Bonchev–Trinajstić information content (AvgIpc) is 2.42. The third-order valence-electron chi connectivity index (χ3n) is 3.74. The number of likely N-dealkylation sites (tertiary alicyclic amines) is 1. The molecule has 0 unspecified atom stereocenters. The van der Waals surface area contributed by atoms with Gasteiger partial charge in [0, 0.05) is 18.9 Å². The monoisotopic (exact) mass is 247 g/mol. The Morgan fingerprint density at radius 1 is 1.28 bits per heavy atom. The molecule has 0 saturated carbocycles. The molecule has 3 heteroatoms. The quantitative estimate of drug-likeness (QED) is 0.782. The first-order valence-electron chi connectivity index (χ1n) is 7.19. The van der Waals surface area contributed by atoms with Crippen molar-refractivity contribution >= 4 is 0 Å². The first kappa shape index (κ1) is 13.5. The maximum Gasteiger partial charge on any atom is 0.0315 e. The third-order valence-corrected chi connectivity index (χ3v) is 3.74. The predicted molar refractivity (Wildman–Crippen MR) is 75.6 cm³/mol. The summed E-state index contributed by atoms with van der Waals surface area (Å²) in [6.45, 7) is 8.05. The van der Waals surface area contributed by atoms with Crippen LogP contribution in [0.25, 0.3) is 0 Å². The molecule has 0 spiro atoms. The fraction of sp³-hybridized carbons (Fsp3) is 0.667. The van der Waals surface area contributed by atoms with Crippen LogP contribution >= 0.6 is 0 Å². The van der Waals surface area contributed by atoms with Crippen molar-refractivity contribution in [3.63, 3.8) is 0 Å². The number of aromatic nitrogens is 1. The normalized spacial score (nSPS) is 16.9. The second-order valence-electron chi connectivity index (χ2n) is 5.23. The Morgan fingerprint density at radius 2 is 2.11 bits per heavy atom. The number of pyridine rings is 1. The van der Waals surface area contributed by atoms with Crippen LogP contribution in [0.1, 0.15) is 36.8 Å². The maximum absolute atomic E-state index is 4.17. The molecule has 1 N–H and O–H groups in total. The molecular formula is C15H25N3. The summed E-state index contributed by atoms with van der Waals surface area (Å²) in [7, 11) is 0. The second-order valence-corrected chi connectivity index (χ2v) is 5.23. The lowest BCUT2D eigenvalue weighted by Crippen LogP contribution is -2.32. The zero-order valence-corrected chi connectivity index (χ0v) is 11.5. The Kier molecular flexibility index (Phi) is 5.62. The molecule has 1 aromatic heterocycles. The summed E-state index contributed by atoms with van der Waals surface area (Å²) in [5, 5.41) is 3.52. The van der Waals surface area contributed by atoms with Crippen LogP contribution in [-0.4, -0.2) is 36.1 Å². The second kappa shape index (κ2) is 7.49. The Hall–Kier alpha value is -0.930. The minimum atomic E-state index is 0.944. The molecule has 0 aromatic carbocycles. The van der Waals surface area contributed by atoms with E-state index in [1.807, 2.05) is 12.4 Å². The van der Waals surface area contributed by atoms with Gasteiger partial charge in [-0.3, -0.25) is 4.98 Å². The van der Waals surface area contributed by atoms with E-state index < -0.39 is 0 Å². The van der Waals surface area contributed by atoms with Gasteiger partial charge in [-0.1, -0.05) is 6.42 Å². The summed E-state index contributed by atoms with van der Waals surface area (Å²) >= 11 is 0. The highest BCUT2D eigenvalue weighted by Gasteiger charge is 2.08. The molecule has 1 aromatic rings. The van der Waals surface area contributed by atoms with Gasteiger partial charge in [0.25, 0.3) is 0 Å². The molecule has 0 atom stereocenters. The van der Waals surface area contributed by atoms with E-state index in [-0.39, 0.29) is 0 Å². The van der Waals surface area contributed by atoms with E-state index in [9.17, 15) is 0 Å². The largest absolute Gasteiger partial charge is 0.313 e. The minimum Gasteiger partial charge on any atom is -0.313 e. The van der Waals surface area contributed by atoms with Gasteiger partial charge < -0.3 is 10.2 Å². The van der Waals surface area contributed by atoms with Crippen molar-refractivity contribution in [3.05, 3.63) is 29.6 Å². The lowest BCUT2D eigenvalue weighted by Gasteiger charge is -2.26. The highest BCUT2D eigenvalue weighted by Crippen LogP contribution is 2.08. The number of rotatable bonds is 6. The number of aryl methyl sites for hydroxylation is 1. The van der Waals surface area contributed by atoms with Crippen LogP contribution in [0.15, 0.2) is 18.5 Å². The molecule has 1 aliphatic rings. The number of hydrogen-bond donors (Lipinski definition) is 1. The molecule has 0 radical (unpaired) electrons. The van der Waals surface area contributed by atoms with E-state index in [1.165, 1.54) is 56.4 Å². The van der Waals surface area contributed by atoms with E-state index in [4.69, 9.17) is 0 Å². The SMILES string of the molecule is Cc1ccncc1CNCCCN1CCCCC1. The molecule has 0 aliphatic carbocycles. The molecule has 2 heterocycles. The Morgan fingerprint density at radius 3 is 2.89 bits per heavy atom. The topological polar surface area (TPSA) is 28.2 Å². The van der Waals surface area contributed by atoms with Crippen molar-refractivity contribution in [1.82, 2.24) is 15.2 Å². The fourth-order valence-electron chi connectivity index (χ4n) is 2.52. The van der Waals surface area contributed by atoms with Gasteiger partial charge in [0.05, 0.1) is 0 Å². The average molecular weight is 247 g/mol. The molecule has 0 bridgehead atoms. The van der Waals surface area contributed by atoms with Crippen molar-refractivity contribution in [1.29, 1.82) is 0 Å². The van der Waals surface area contributed by atoms with E-state index in [0.717, 1.165) is 13.1 Å². The van der Waals surface area contributed by atoms with Crippen LogP contribution in [0.4, 0.5) is 0 Å². The predicted octanol–water partition coefficient (Wildman–Crippen LogP) is 2.36. The molecule has 0 amide bonds. The number of nitrogens with zero attached hydrogens (tertiary/aromatic N) is 2. The van der Waals surface area contributed by atoms with E-state index >= 15 is 0 Å². The van der Waals surface area contributed by atoms with Gasteiger partial charge in [0.15, 0.2) is 0 Å². The summed E-state index contributed by atoms with van der Waals surface area (Å²) < 4.78 is 0. The van der Waals surface area contributed by atoms with E-state index in [2.05, 4.69) is 28.2 Å². The zero-order chi connectivity index (χ0) is 12.6. The summed E-state index contributed by atoms with van der Waals surface area (Å²) in [6.07, 6.45) is 9.28. The van der Waals surface area contributed by atoms with Gasteiger partial charge >= 0.3 is 0 Å². The van der Waals surface area contributed by atoms with Gasteiger partial charge in [0.1, 0.15) is 0 Å². The molecule has 18 heavy (non-hydrogen) atoms. The molecule has 3 nitrogen and oxygen atoms in total. The van der Waals surface area contributed by atoms with Gasteiger partial charge in [-0.15, -0.1) is 0 Å². The summed E-state index contributed by atoms with van der Waals surface area (Å²) in [6, 6.07) is 2.07. The standard InChI is InChI=1S/C15H25N3/c1-14-6-8-17-13-15(14)12-16-7-5-11-18-9-3-2-4-10-18/h6,8,13,16H,2-5,7,9-12H2,1H3. The van der Waals surface area contributed by atoms with Crippen LogP contribution in [0.3, 0.4) is 0 Å². The third kappa shape index (κ3) is 4.39. The Balaban J connectivity index is 1.57. The molecule has 1 saturated heterocycles. The lowest BCUT2D eigenvalue weighted by atomic mass is 10.1. The van der Waals surface area contributed by atoms with Crippen LogP contribution in [0.2, 0.25) is 0 Å². The van der Waals surface area contributed by atoms with Gasteiger partial charge in [0.2, 0.25) is 0 Å². The number of hydrogen-bond acceptors (Lipinski definition) is 3. The van der Waals surface area contributed by atoms with Crippen molar-refractivity contribution in [2.45, 2.75) is 39.2 Å². The maximum atomic E-state index is 4.17. The first-order chi connectivity index (χ1) is 8.86. The molecule has 100 valence electrons. The van der Waals surface area contributed by atoms with Crippen LogP contribution in [-0.2, 0) is 6.54 Å². The zero-order valence-electron chi connectivity index (χ0n) is 11.5. The first-order valence-corrected chi connectivity index (χ1v) is 7.19. The minimum absolute atomic E-state index is 0.944. The molecular weight excluding hydrogens is 222 g/mol. The Labute approximate surface area is 111 Å². The summed E-state index contributed by atoms with van der Waals surface area (Å²) in [5.41, 5.74) is 2.64. The van der Waals surface area contributed by atoms with Crippen LogP contribution in [0, 0.1) is 6.92 Å². The van der Waals surface area contributed by atoms with Crippen molar-refractivity contribution < 1.29 is 0 Å². The number of piperidine rings is 1.